The predicted octanol–water partition coefficient (Wildman–Crippen LogP) is -1.53. The van der Waals surface area contributed by atoms with E-state index in [4.69, 9.17) is 10.8 Å². The standard InChI is InChI=1S/C13H19N5O4/c14-9(4-8-5-15-7-17-8)12(20)16-6-11(19)18-3-1-2-10(18)13(21)22/h5,7,9-10H,1-4,6,14H2,(H,15,17)(H,16,20)(H,21,22)/t9-,10-/m0/s1. The van der Waals surface area contributed by atoms with Crippen LogP contribution in [0.5, 0.6) is 0 Å². The van der Waals surface area contributed by atoms with Crippen LogP contribution in [0.3, 0.4) is 0 Å². The van der Waals surface area contributed by atoms with Crippen molar-refractivity contribution >= 4 is 17.8 Å². The molecule has 1 aliphatic heterocycles. The van der Waals surface area contributed by atoms with Gasteiger partial charge < -0.3 is 26.0 Å². The second-order valence-corrected chi connectivity index (χ2v) is 5.17. The zero-order chi connectivity index (χ0) is 16.1. The van der Waals surface area contributed by atoms with Crippen LogP contribution in [-0.4, -0.2) is 62.9 Å². The van der Waals surface area contributed by atoms with Gasteiger partial charge in [0.05, 0.1) is 24.6 Å². The maximum absolute atomic E-state index is 12.0. The van der Waals surface area contributed by atoms with Crippen LogP contribution in [0, 0.1) is 0 Å². The lowest BCUT2D eigenvalue weighted by Gasteiger charge is -2.22. The van der Waals surface area contributed by atoms with Crippen molar-refractivity contribution in [2.45, 2.75) is 31.3 Å². The molecular formula is C13H19N5O4. The number of imidazole rings is 1. The Morgan fingerprint density at radius 2 is 2.32 bits per heavy atom. The second kappa shape index (κ2) is 7.03. The lowest BCUT2D eigenvalue weighted by molar-refractivity contribution is -0.148. The van der Waals surface area contributed by atoms with Crippen molar-refractivity contribution in [1.82, 2.24) is 20.2 Å². The normalized spacial score (nSPS) is 19.0. The van der Waals surface area contributed by atoms with E-state index in [1.807, 2.05) is 0 Å². The van der Waals surface area contributed by atoms with E-state index < -0.39 is 29.9 Å². The quantitative estimate of drug-likeness (QED) is 0.502. The van der Waals surface area contributed by atoms with Crippen LogP contribution in [0.15, 0.2) is 12.5 Å². The number of rotatable bonds is 6. The Hall–Kier alpha value is -2.42. The fourth-order valence-electron chi connectivity index (χ4n) is 2.44. The van der Waals surface area contributed by atoms with Crippen LogP contribution in [0.25, 0.3) is 0 Å². The minimum atomic E-state index is -1.02. The summed E-state index contributed by atoms with van der Waals surface area (Å²) in [5, 5.41) is 11.5. The van der Waals surface area contributed by atoms with Gasteiger partial charge in [-0.05, 0) is 12.8 Å². The number of aliphatic carboxylic acids is 1. The largest absolute Gasteiger partial charge is 0.480 e. The number of carbonyl (C=O) groups excluding carboxylic acids is 2. The Morgan fingerprint density at radius 1 is 1.55 bits per heavy atom. The third-order valence-electron chi connectivity index (χ3n) is 3.59. The third kappa shape index (κ3) is 3.82. The van der Waals surface area contributed by atoms with E-state index in [2.05, 4.69) is 15.3 Å². The minimum Gasteiger partial charge on any atom is -0.480 e. The van der Waals surface area contributed by atoms with Gasteiger partial charge in [-0.2, -0.15) is 0 Å². The van der Waals surface area contributed by atoms with Gasteiger partial charge in [0, 0.05) is 19.2 Å². The Labute approximate surface area is 126 Å². The Balaban J connectivity index is 1.80. The zero-order valence-corrected chi connectivity index (χ0v) is 12.0. The summed E-state index contributed by atoms with van der Waals surface area (Å²) < 4.78 is 0. The Kier molecular flexibility index (Phi) is 5.10. The highest BCUT2D eigenvalue weighted by atomic mass is 16.4. The summed E-state index contributed by atoms with van der Waals surface area (Å²) in [6.07, 6.45) is 4.47. The van der Waals surface area contributed by atoms with Gasteiger partial charge in [0.1, 0.15) is 6.04 Å². The van der Waals surface area contributed by atoms with Gasteiger partial charge in [0.2, 0.25) is 11.8 Å². The number of nitrogens with one attached hydrogen (secondary N) is 2. The molecule has 1 aromatic rings. The first-order valence-electron chi connectivity index (χ1n) is 7.02. The highest BCUT2D eigenvalue weighted by Crippen LogP contribution is 2.17. The van der Waals surface area contributed by atoms with Crippen LogP contribution in [0.4, 0.5) is 0 Å². The zero-order valence-electron chi connectivity index (χ0n) is 12.0. The van der Waals surface area contributed by atoms with E-state index in [-0.39, 0.29) is 13.0 Å². The van der Waals surface area contributed by atoms with Crippen molar-refractivity contribution in [2.24, 2.45) is 5.73 Å². The second-order valence-electron chi connectivity index (χ2n) is 5.17. The van der Waals surface area contributed by atoms with Crippen LogP contribution >= 0.6 is 0 Å². The van der Waals surface area contributed by atoms with Crippen LogP contribution in [0.1, 0.15) is 18.5 Å². The van der Waals surface area contributed by atoms with Crippen LogP contribution in [-0.2, 0) is 20.8 Å². The molecule has 2 amide bonds. The smallest absolute Gasteiger partial charge is 0.326 e. The summed E-state index contributed by atoms with van der Waals surface area (Å²) in [5.41, 5.74) is 6.39. The molecule has 0 unspecified atom stereocenters. The van der Waals surface area contributed by atoms with E-state index in [1.54, 1.807) is 6.20 Å². The summed E-state index contributed by atoms with van der Waals surface area (Å²) in [6.45, 7) is 0.141. The van der Waals surface area contributed by atoms with Gasteiger partial charge in [0.25, 0.3) is 0 Å². The highest BCUT2D eigenvalue weighted by Gasteiger charge is 2.33. The van der Waals surface area contributed by atoms with Crippen molar-refractivity contribution in [1.29, 1.82) is 0 Å². The molecular weight excluding hydrogens is 290 g/mol. The molecule has 1 aliphatic rings. The van der Waals surface area contributed by atoms with Crippen molar-refractivity contribution in [3.05, 3.63) is 18.2 Å². The summed E-state index contributed by atoms with van der Waals surface area (Å²) in [4.78, 5) is 42.9. The maximum Gasteiger partial charge on any atom is 0.326 e. The van der Waals surface area contributed by atoms with Crippen molar-refractivity contribution in [3.8, 4) is 0 Å². The lowest BCUT2D eigenvalue weighted by Crippen LogP contribution is -2.49. The van der Waals surface area contributed by atoms with Crippen molar-refractivity contribution in [2.75, 3.05) is 13.1 Å². The number of aromatic nitrogens is 2. The average Bonchev–Trinajstić information content (AvgIpc) is 3.14. The number of carbonyl (C=O) groups is 3. The molecule has 0 radical (unpaired) electrons. The molecule has 2 rings (SSSR count). The average molecular weight is 309 g/mol. The minimum absolute atomic E-state index is 0.253. The maximum atomic E-state index is 12.0. The number of hydrogen-bond donors (Lipinski definition) is 4. The molecule has 0 aliphatic carbocycles. The molecule has 2 heterocycles. The molecule has 1 aromatic heterocycles. The molecule has 0 saturated carbocycles. The number of hydrogen-bond acceptors (Lipinski definition) is 5. The first-order chi connectivity index (χ1) is 10.5. The molecule has 9 heteroatoms. The third-order valence-corrected chi connectivity index (χ3v) is 3.59. The predicted molar refractivity (Wildman–Crippen MR) is 75.6 cm³/mol. The van der Waals surface area contributed by atoms with E-state index in [1.165, 1.54) is 11.2 Å². The van der Waals surface area contributed by atoms with Gasteiger partial charge >= 0.3 is 5.97 Å². The van der Waals surface area contributed by atoms with Crippen molar-refractivity contribution < 1.29 is 19.5 Å². The molecule has 2 atom stereocenters. The van der Waals surface area contributed by atoms with E-state index >= 15 is 0 Å². The highest BCUT2D eigenvalue weighted by molar-refractivity contribution is 5.89. The van der Waals surface area contributed by atoms with Gasteiger partial charge in [-0.25, -0.2) is 9.78 Å². The van der Waals surface area contributed by atoms with E-state index in [0.29, 0.717) is 25.1 Å². The molecule has 0 aromatic carbocycles. The molecule has 0 spiro atoms. The number of H-pyrrole nitrogens is 1. The summed E-state index contributed by atoms with van der Waals surface area (Å²) in [5.74, 6) is -1.90. The lowest BCUT2D eigenvalue weighted by atomic mass is 10.1. The Bertz CT molecular complexity index is 545. The number of amides is 2. The van der Waals surface area contributed by atoms with Gasteiger partial charge in [-0.3, -0.25) is 9.59 Å². The van der Waals surface area contributed by atoms with Crippen LogP contribution < -0.4 is 11.1 Å². The number of nitrogens with zero attached hydrogens (tertiary/aromatic N) is 2. The summed E-state index contributed by atoms with van der Waals surface area (Å²) in [6, 6.07) is -1.62. The summed E-state index contributed by atoms with van der Waals surface area (Å²) in [7, 11) is 0. The fraction of sp³-hybridized carbons (Fsp3) is 0.538. The Morgan fingerprint density at radius 3 is 2.95 bits per heavy atom. The number of carboxylic acids is 1. The van der Waals surface area contributed by atoms with E-state index in [0.717, 1.165) is 0 Å². The molecule has 1 saturated heterocycles. The van der Waals surface area contributed by atoms with Crippen LogP contribution in [0.2, 0.25) is 0 Å². The first-order valence-corrected chi connectivity index (χ1v) is 7.02. The molecule has 9 nitrogen and oxygen atoms in total. The van der Waals surface area contributed by atoms with E-state index in [9.17, 15) is 14.4 Å². The topological polar surface area (TPSA) is 141 Å². The molecule has 120 valence electrons. The molecule has 1 fully saturated rings. The summed E-state index contributed by atoms with van der Waals surface area (Å²) >= 11 is 0. The molecule has 0 bridgehead atoms. The number of carboxylic acid groups (broad SMARTS) is 1. The van der Waals surface area contributed by atoms with Gasteiger partial charge in [-0.1, -0.05) is 0 Å². The van der Waals surface area contributed by atoms with Gasteiger partial charge in [-0.15, -0.1) is 0 Å². The molecule has 22 heavy (non-hydrogen) atoms. The molecule has 5 N–H and O–H groups in total. The monoisotopic (exact) mass is 309 g/mol. The SMILES string of the molecule is N[C@@H](Cc1c[nH]cn1)C(=O)NCC(=O)N1CCC[C@H]1C(=O)O. The van der Waals surface area contributed by atoms with Crippen molar-refractivity contribution in [3.63, 3.8) is 0 Å². The first kappa shape index (κ1) is 16.0. The number of nitrogens with two attached hydrogens (primary N) is 1. The fourth-order valence-corrected chi connectivity index (χ4v) is 2.44. The van der Waals surface area contributed by atoms with Gasteiger partial charge in [0.15, 0.2) is 0 Å². The number of aromatic amines is 1. The number of likely N-dealkylation sites (tertiary alicyclic amines) is 1.